The first kappa shape index (κ1) is 19.0. The van der Waals surface area contributed by atoms with Crippen LogP contribution in [0.15, 0.2) is 48.5 Å². The summed E-state index contributed by atoms with van der Waals surface area (Å²) < 4.78 is 11.7. The average Bonchev–Trinajstić information content (AvgIpc) is 2.69. The second-order valence-electron chi connectivity index (χ2n) is 6.20. The molecule has 0 radical (unpaired) electrons. The van der Waals surface area contributed by atoms with Crippen molar-refractivity contribution in [3.05, 3.63) is 59.7 Å². The first-order valence-corrected chi connectivity index (χ1v) is 9.98. The Labute approximate surface area is 165 Å². The molecule has 4 nitrogen and oxygen atoms in total. The van der Waals surface area contributed by atoms with E-state index >= 15 is 0 Å². The van der Waals surface area contributed by atoms with Crippen LogP contribution in [-0.4, -0.2) is 47.4 Å². The summed E-state index contributed by atoms with van der Waals surface area (Å²) >= 11 is 7.31. The summed E-state index contributed by atoms with van der Waals surface area (Å²) in [4.78, 5) is 4.70. The van der Waals surface area contributed by atoms with E-state index in [0.717, 1.165) is 47.9 Å². The lowest BCUT2D eigenvalue weighted by Crippen LogP contribution is -2.45. The number of hydrogen-bond acceptors (Lipinski definition) is 5. The normalized spacial score (nSPS) is 15.2. The van der Waals surface area contributed by atoms with Gasteiger partial charge in [-0.05, 0) is 29.7 Å². The number of rotatable bonds is 7. The Morgan fingerprint density at radius 2 is 1.77 bits per heavy atom. The molecule has 0 spiro atoms. The summed E-state index contributed by atoms with van der Waals surface area (Å²) in [6, 6.07) is 16.7. The minimum atomic E-state index is 0.759. The highest BCUT2D eigenvalue weighted by Gasteiger charge is 2.21. The minimum absolute atomic E-state index is 0.759. The molecule has 3 rings (SSSR count). The predicted octanol–water partition coefficient (Wildman–Crippen LogP) is 4.00. The molecule has 2 aromatic carbocycles. The monoisotopic (exact) mass is 388 g/mol. The highest BCUT2D eigenvalue weighted by Crippen LogP contribution is 2.28. The third kappa shape index (κ3) is 4.90. The van der Waals surface area contributed by atoms with Crippen molar-refractivity contribution in [2.75, 3.05) is 33.3 Å². The van der Waals surface area contributed by atoms with Crippen molar-refractivity contribution in [1.82, 2.24) is 9.80 Å². The van der Waals surface area contributed by atoms with Crippen molar-refractivity contribution in [3.8, 4) is 11.5 Å². The molecule has 2 aromatic rings. The highest BCUT2D eigenvalue weighted by molar-refractivity contribution is 8.22. The Balaban J connectivity index is 1.58. The van der Waals surface area contributed by atoms with Gasteiger partial charge < -0.3 is 14.4 Å². The first-order chi connectivity index (χ1) is 12.7. The van der Waals surface area contributed by atoms with Gasteiger partial charge in [0.25, 0.3) is 0 Å². The topological polar surface area (TPSA) is 24.9 Å². The van der Waals surface area contributed by atoms with Crippen LogP contribution >= 0.6 is 24.0 Å². The molecule has 0 atom stereocenters. The maximum atomic E-state index is 5.57. The van der Waals surface area contributed by atoms with Crippen molar-refractivity contribution in [2.45, 2.75) is 13.0 Å². The molecular formula is C20H24N2O2S2. The van der Waals surface area contributed by atoms with E-state index in [4.69, 9.17) is 21.7 Å². The fraction of sp³-hybridized carbons (Fsp3) is 0.350. The molecule has 1 fully saturated rings. The predicted molar refractivity (Wildman–Crippen MR) is 112 cm³/mol. The van der Waals surface area contributed by atoms with Gasteiger partial charge in [-0.1, -0.05) is 60.4 Å². The van der Waals surface area contributed by atoms with E-state index in [-0.39, 0.29) is 0 Å². The quantitative estimate of drug-likeness (QED) is 0.665. The summed E-state index contributed by atoms with van der Waals surface area (Å²) in [5, 5.41) is 0. The number of methoxy groups -OCH3 is 2. The van der Waals surface area contributed by atoms with Gasteiger partial charge in [-0.2, -0.15) is 0 Å². The average molecular weight is 389 g/mol. The summed E-state index contributed by atoms with van der Waals surface area (Å²) in [5.41, 5.74) is 2.55. The van der Waals surface area contributed by atoms with Crippen LogP contribution in [-0.2, 0) is 13.0 Å². The summed E-state index contributed by atoms with van der Waals surface area (Å²) in [6.45, 7) is 2.71. The van der Waals surface area contributed by atoms with Crippen molar-refractivity contribution < 1.29 is 9.47 Å². The number of ether oxygens (including phenoxy) is 2. The van der Waals surface area contributed by atoms with Gasteiger partial charge >= 0.3 is 0 Å². The summed E-state index contributed by atoms with van der Waals surface area (Å²) in [6.07, 6.45) is 0.917. The van der Waals surface area contributed by atoms with Crippen LogP contribution in [0.1, 0.15) is 11.1 Å². The third-order valence-electron chi connectivity index (χ3n) is 4.37. The lowest BCUT2D eigenvalue weighted by Gasteiger charge is -2.36. The molecule has 0 aliphatic carbocycles. The van der Waals surface area contributed by atoms with Gasteiger partial charge in [0.05, 0.1) is 26.8 Å². The first-order valence-electron chi connectivity index (χ1n) is 8.58. The van der Waals surface area contributed by atoms with Gasteiger partial charge in [-0.3, -0.25) is 4.90 Å². The minimum Gasteiger partial charge on any atom is -0.493 e. The van der Waals surface area contributed by atoms with Crippen LogP contribution in [0, 0.1) is 0 Å². The van der Waals surface area contributed by atoms with Crippen LogP contribution < -0.4 is 9.47 Å². The lowest BCUT2D eigenvalue weighted by atomic mass is 10.1. The molecule has 0 aromatic heterocycles. The van der Waals surface area contributed by atoms with E-state index in [2.05, 4.69) is 46.2 Å². The van der Waals surface area contributed by atoms with Gasteiger partial charge in [-0.15, -0.1) is 0 Å². The highest BCUT2D eigenvalue weighted by atomic mass is 32.2. The zero-order valence-electron chi connectivity index (χ0n) is 15.2. The van der Waals surface area contributed by atoms with E-state index in [1.54, 1.807) is 26.0 Å². The van der Waals surface area contributed by atoms with Gasteiger partial charge in [0.1, 0.15) is 4.32 Å². The number of thioether (sulfide) groups is 1. The van der Waals surface area contributed by atoms with Crippen molar-refractivity contribution in [1.29, 1.82) is 0 Å². The molecule has 0 bridgehead atoms. The van der Waals surface area contributed by atoms with E-state index < -0.39 is 0 Å². The number of thiocarbonyl (C=S) groups is 1. The zero-order valence-corrected chi connectivity index (χ0v) is 16.8. The van der Waals surface area contributed by atoms with Crippen LogP contribution in [0.25, 0.3) is 0 Å². The molecule has 1 aliphatic rings. The Hall–Kier alpha value is -1.76. The van der Waals surface area contributed by atoms with E-state index in [1.165, 1.54) is 11.1 Å². The molecule has 26 heavy (non-hydrogen) atoms. The van der Waals surface area contributed by atoms with E-state index in [1.807, 2.05) is 12.1 Å². The van der Waals surface area contributed by atoms with E-state index in [0.29, 0.717) is 0 Å². The Morgan fingerprint density at radius 1 is 1.00 bits per heavy atom. The fourth-order valence-electron chi connectivity index (χ4n) is 2.98. The summed E-state index contributed by atoms with van der Waals surface area (Å²) in [5.74, 6) is 2.47. The molecule has 0 saturated carbocycles. The van der Waals surface area contributed by atoms with Crippen LogP contribution in [0.2, 0.25) is 0 Å². The molecular weight excluding hydrogens is 364 g/mol. The SMILES string of the molecule is COc1ccc(CCN2CN(Cc3ccccc3)CSC2=S)cc1OC. The Kier molecular flexibility index (Phi) is 6.77. The Bertz CT molecular complexity index is 740. The zero-order chi connectivity index (χ0) is 18.4. The van der Waals surface area contributed by atoms with Crippen molar-refractivity contribution in [2.24, 2.45) is 0 Å². The second kappa shape index (κ2) is 9.26. The number of benzene rings is 2. The van der Waals surface area contributed by atoms with Crippen molar-refractivity contribution >= 4 is 28.3 Å². The van der Waals surface area contributed by atoms with E-state index in [9.17, 15) is 0 Å². The largest absolute Gasteiger partial charge is 0.493 e. The smallest absolute Gasteiger partial charge is 0.160 e. The molecule has 1 aliphatic heterocycles. The maximum absolute atomic E-state index is 5.57. The van der Waals surface area contributed by atoms with Crippen molar-refractivity contribution in [3.63, 3.8) is 0 Å². The van der Waals surface area contributed by atoms with Gasteiger partial charge in [0.2, 0.25) is 0 Å². The van der Waals surface area contributed by atoms with Gasteiger partial charge in [0, 0.05) is 13.1 Å². The van der Waals surface area contributed by atoms with Gasteiger partial charge in [0.15, 0.2) is 11.5 Å². The third-order valence-corrected chi connectivity index (χ3v) is 5.98. The number of nitrogens with zero attached hydrogens (tertiary/aromatic N) is 2. The number of hydrogen-bond donors (Lipinski definition) is 0. The second-order valence-corrected chi connectivity index (χ2v) is 7.78. The fourth-order valence-corrected chi connectivity index (χ4v) is 4.08. The van der Waals surface area contributed by atoms with Gasteiger partial charge in [-0.25, -0.2) is 0 Å². The molecule has 0 unspecified atom stereocenters. The molecule has 138 valence electrons. The van der Waals surface area contributed by atoms with Crippen LogP contribution in [0.4, 0.5) is 0 Å². The van der Waals surface area contributed by atoms with Crippen LogP contribution in [0.3, 0.4) is 0 Å². The molecule has 0 amide bonds. The lowest BCUT2D eigenvalue weighted by molar-refractivity contribution is 0.206. The molecule has 0 N–H and O–H groups in total. The molecule has 1 saturated heterocycles. The maximum Gasteiger partial charge on any atom is 0.160 e. The standard InChI is InChI=1S/C20H24N2O2S2/c1-23-18-9-8-16(12-19(18)24-2)10-11-22-14-21(15-26-20(22)25)13-17-6-4-3-5-7-17/h3-9,12H,10-11,13-15H2,1-2H3. The van der Waals surface area contributed by atoms with Crippen LogP contribution in [0.5, 0.6) is 11.5 Å². The molecule has 6 heteroatoms. The summed E-state index contributed by atoms with van der Waals surface area (Å²) in [7, 11) is 3.32. The molecule has 1 heterocycles. The Morgan fingerprint density at radius 3 is 2.50 bits per heavy atom.